The van der Waals surface area contributed by atoms with Gasteiger partial charge in [0.15, 0.2) is 0 Å². The van der Waals surface area contributed by atoms with Crippen molar-refractivity contribution in [2.24, 2.45) is 0 Å². The summed E-state index contributed by atoms with van der Waals surface area (Å²) in [6, 6.07) is 1.52. The van der Waals surface area contributed by atoms with Crippen molar-refractivity contribution in [3.05, 3.63) is 22.6 Å². The standard InChI is InChI=1S/C16H23N5O3S/c1-16(2,3)24-15(23)18-10-11-6-4-5-9-20(11)14-19-21-12(22)7-8-17-13(21)25-14/h7-8,11H,4-6,9-10H2,1-3H3,(H,18,23). The molecule has 0 spiro atoms. The van der Waals surface area contributed by atoms with Crippen molar-refractivity contribution in [3.63, 3.8) is 0 Å². The summed E-state index contributed by atoms with van der Waals surface area (Å²) < 4.78 is 6.62. The first kappa shape index (κ1) is 17.7. The van der Waals surface area contributed by atoms with Crippen LogP contribution >= 0.6 is 11.3 Å². The van der Waals surface area contributed by atoms with Crippen LogP contribution in [0.3, 0.4) is 0 Å². The highest BCUT2D eigenvalue weighted by Crippen LogP contribution is 2.28. The lowest BCUT2D eigenvalue weighted by Gasteiger charge is -2.35. The third-order valence-electron chi connectivity index (χ3n) is 3.91. The van der Waals surface area contributed by atoms with Crippen LogP contribution in [0.25, 0.3) is 4.96 Å². The van der Waals surface area contributed by atoms with Gasteiger partial charge in [-0.2, -0.15) is 4.52 Å². The summed E-state index contributed by atoms with van der Waals surface area (Å²) in [7, 11) is 0. The van der Waals surface area contributed by atoms with Gasteiger partial charge in [-0.05, 0) is 40.0 Å². The molecule has 136 valence electrons. The summed E-state index contributed by atoms with van der Waals surface area (Å²) in [6.07, 6.45) is 4.19. The van der Waals surface area contributed by atoms with E-state index in [0.717, 1.165) is 30.9 Å². The Labute approximate surface area is 149 Å². The summed E-state index contributed by atoms with van der Waals surface area (Å²) >= 11 is 1.39. The van der Waals surface area contributed by atoms with Crippen molar-refractivity contribution in [2.75, 3.05) is 18.0 Å². The molecule has 0 saturated carbocycles. The monoisotopic (exact) mass is 365 g/mol. The van der Waals surface area contributed by atoms with Gasteiger partial charge in [-0.3, -0.25) is 4.79 Å². The Hall–Kier alpha value is -2.16. The Balaban J connectivity index is 1.73. The van der Waals surface area contributed by atoms with Crippen LogP contribution in [0.1, 0.15) is 40.0 Å². The predicted octanol–water partition coefficient (Wildman–Crippen LogP) is 2.03. The normalized spacial score (nSPS) is 18.4. The summed E-state index contributed by atoms with van der Waals surface area (Å²) in [5.74, 6) is 0. The zero-order valence-corrected chi connectivity index (χ0v) is 15.5. The molecule has 1 unspecified atom stereocenters. The van der Waals surface area contributed by atoms with Crippen molar-refractivity contribution >= 4 is 27.5 Å². The van der Waals surface area contributed by atoms with Gasteiger partial charge in [0, 0.05) is 31.4 Å². The van der Waals surface area contributed by atoms with Crippen LogP contribution in [-0.2, 0) is 4.74 Å². The fourth-order valence-electron chi connectivity index (χ4n) is 2.83. The van der Waals surface area contributed by atoms with Crippen LogP contribution in [-0.4, -0.2) is 45.4 Å². The molecule has 3 rings (SSSR count). The zero-order chi connectivity index (χ0) is 18.0. The lowest BCUT2D eigenvalue weighted by atomic mass is 10.0. The SMILES string of the molecule is CC(C)(C)OC(=O)NCC1CCCCN1c1nn2c(=O)ccnc2s1. The van der Waals surface area contributed by atoms with Gasteiger partial charge < -0.3 is 15.0 Å². The Morgan fingerprint density at radius 1 is 1.44 bits per heavy atom. The number of carbonyl (C=O) groups is 1. The predicted molar refractivity (Wildman–Crippen MR) is 96.4 cm³/mol. The van der Waals surface area contributed by atoms with Gasteiger partial charge in [0.1, 0.15) is 5.60 Å². The number of aromatic nitrogens is 3. The van der Waals surface area contributed by atoms with E-state index in [0.29, 0.717) is 11.5 Å². The van der Waals surface area contributed by atoms with Crippen LogP contribution in [0, 0.1) is 0 Å². The summed E-state index contributed by atoms with van der Waals surface area (Å²) in [4.78, 5) is 30.7. The molecule has 1 aliphatic heterocycles. The molecule has 1 saturated heterocycles. The van der Waals surface area contributed by atoms with Crippen LogP contribution in [0.5, 0.6) is 0 Å². The molecule has 1 amide bonds. The Kier molecular flexibility index (Phi) is 4.94. The van der Waals surface area contributed by atoms with E-state index in [1.807, 2.05) is 20.8 Å². The lowest BCUT2D eigenvalue weighted by molar-refractivity contribution is 0.0523. The van der Waals surface area contributed by atoms with Crippen molar-refractivity contribution in [1.29, 1.82) is 0 Å². The lowest BCUT2D eigenvalue weighted by Crippen LogP contribution is -2.47. The number of fused-ring (bicyclic) bond motifs is 1. The highest BCUT2D eigenvalue weighted by Gasteiger charge is 2.27. The Morgan fingerprint density at radius 2 is 2.24 bits per heavy atom. The number of piperidine rings is 1. The van der Waals surface area contributed by atoms with Crippen molar-refractivity contribution < 1.29 is 9.53 Å². The quantitative estimate of drug-likeness (QED) is 0.895. The molecule has 3 heterocycles. The number of nitrogens with zero attached hydrogens (tertiary/aromatic N) is 4. The van der Waals surface area contributed by atoms with E-state index in [4.69, 9.17) is 4.74 Å². The van der Waals surface area contributed by atoms with E-state index in [-0.39, 0.29) is 11.6 Å². The molecule has 1 N–H and O–H groups in total. The minimum Gasteiger partial charge on any atom is -0.444 e. The minimum absolute atomic E-state index is 0.123. The Bertz CT molecular complexity index is 810. The first-order valence-electron chi connectivity index (χ1n) is 8.42. The minimum atomic E-state index is -0.518. The largest absolute Gasteiger partial charge is 0.444 e. The average molecular weight is 365 g/mol. The van der Waals surface area contributed by atoms with Crippen LogP contribution in [0.4, 0.5) is 9.93 Å². The molecule has 25 heavy (non-hydrogen) atoms. The van der Waals surface area contributed by atoms with E-state index in [2.05, 4.69) is 20.3 Å². The number of hydrogen-bond acceptors (Lipinski definition) is 7. The number of alkyl carbamates (subject to hydrolysis) is 1. The highest BCUT2D eigenvalue weighted by molar-refractivity contribution is 7.20. The molecular formula is C16H23N5O3S. The molecule has 9 heteroatoms. The summed E-state index contributed by atoms with van der Waals surface area (Å²) in [5.41, 5.74) is -0.705. The topological polar surface area (TPSA) is 88.8 Å². The number of anilines is 1. The van der Waals surface area contributed by atoms with Crippen LogP contribution in [0.15, 0.2) is 17.1 Å². The molecule has 2 aromatic rings. The number of hydrogen-bond donors (Lipinski definition) is 1. The molecular weight excluding hydrogens is 342 g/mol. The van der Waals surface area contributed by atoms with Gasteiger partial charge in [-0.25, -0.2) is 9.78 Å². The van der Waals surface area contributed by atoms with Gasteiger partial charge in [-0.1, -0.05) is 11.3 Å². The third kappa shape index (κ3) is 4.28. The number of carbonyl (C=O) groups excluding carboxylic acids is 1. The first-order valence-corrected chi connectivity index (χ1v) is 9.23. The van der Waals surface area contributed by atoms with Gasteiger partial charge in [0.25, 0.3) is 5.56 Å². The molecule has 8 nitrogen and oxygen atoms in total. The second-order valence-corrected chi connectivity index (χ2v) is 8.02. The molecule has 1 aliphatic rings. The molecule has 0 aliphatic carbocycles. The molecule has 1 fully saturated rings. The second kappa shape index (κ2) is 6.99. The van der Waals surface area contributed by atoms with Crippen LogP contribution in [0.2, 0.25) is 0 Å². The maximum absolute atomic E-state index is 11.9. The van der Waals surface area contributed by atoms with Gasteiger partial charge >= 0.3 is 6.09 Å². The summed E-state index contributed by atoms with van der Waals surface area (Å²) in [5, 5.41) is 8.01. The van der Waals surface area contributed by atoms with Gasteiger partial charge in [0.2, 0.25) is 10.1 Å². The highest BCUT2D eigenvalue weighted by atomic mass is 32.1. The molecule has 2 aromatic heterocycles. The Morgan fingerprint density at radius 3 is 2.96 bits per heavy atom. The number of nitrogens with one attached hydrogen (secondary N) is 1. The number of amides is 1. The van der Waals surface area contributed by atoms with Gasteiger partial charge in [-0.15, -0.1) is 5.10 Å². The van der Waals surface area contributed by atoms with Crippen LogP contribution < -0.4 is 15.8 Å². The summed E-state index contributed by atoms with van der Waals surface area (Å²) in [6.45, 7) is 6.84. The number of rotatable bonds is 3. The molecule has 0 aromatic carbocycles. The third-order valence-corrected chi connectivity index (χ3v) is 4.87. The smallest absolute Gasteiger partial charge is 0.407 e. The maximum atomic E-state index is 11.9. The first-order chi connectivity index (χ1) is 11.8. The zero-order valence-electron chi connectivity index (χ0n) is 14.7. The van der Waals surface area contributed by atoms with Crippen molar-refractivity contribution in [2.45, 2.75) is 51.7 Å². The maximum Gasteiger partial charge on any atom is 0.407 e. The molecule has 0 bridgehead atoms. The van der Waals surface area contributed by atoms with E-state index in [9.17, 15) is 9.59 Å². The number of ether oxygens (including phenoxy) is 1. The molecule has 1 atom stereocenters. The van der Waals surface area contributed by atoms with E-state index < -0.39 is 11.7 Å². The van der Waals surface area contributed by atoms with E-state index >= 15 is 0 Å². The second-order valence-electron chi connectivity index (χ2n) is 7.09. The molecule has 0 radical (unpaired) electrons. The fraction of sp³-hybridized carbons (Fsp3) is 0.625. The van der Waals surface area contributed by atoms with E-state index in [1.165, 1.54) is 28.1 Å². The average Bonchev–Trinajstić information content (AvgIpc) is 2.97. The van der Waals surface area contributed by atoms with Crippen molar-refractivity contribution in [1.82, 2.24) is 19.9 Å². The van der Waals surface area contributed by atoms with E-state index in [1.54, 1.807) is 0 Å². The van der Waals surface area contributed by atoms with Gasteiger partial charge in [0.05, 0.1) is 0 Å². The fourth-order valence-corrected chi connectivity index (χ4v) is 3.80. The van der Waals surface area contributed by atoms with Crippen molar-refractivity contribution in [3.8, 4) is 0 Å².